The largest absolute Gasteiger partial charge is 0.748 e. The fourth-order valence-electron chi connectivity index (χ4n) is 6.20. The predicted molar refractivity (Wildman–Crippen MR) is 194 cm³/mol. The first kappa shape index (κ1) is 40.8. The Bertz CT molecular complexity index is 1620. The number of aliphatic hydroxyl groups is 2. The summed E-state index contributed by atoms with van der Waals surface area (Å²) in [6.45, 7) is 7.25. The molecule has 0 spiro atoms. The molecule has 50 heavy (non-hydrogen) atoms. The summed E-state index contributed by atoms with van der Waals surface area (Å²) in [5.41, 5.74) is 3.64. The Labute approximate surface area is 297 Å². The first-order valence-electron chi connectivity index (χ1n) is 16.9. The Hall–Kier alpha value is -3.65. The van der Waals surface area contributed by atoms with E-state index in [2.05, 4.69) is 17.4 Å². The lowest BCUT2D eigenvalue weighted by Gasteiger charge is -2.50. The molecule has 0 aliphatic rings. The minimum Gasteiger partial charge on any atom is -0.748 e. The molecule has 4 aromatic rings. The summed E-state index contributed by atoms with van der Waals surface area (Å²) in [4.78, 5) is 0. The molecule has 0 saturated carbocycles. The second-order valence-corrected chi connectivity index (χ2v) is 13.8. The maximum Gasteiger partial charge on any atom is 0.317 e. The lowest BCUT2D eigenvalue weighted by Crippen LogP contribution is -2.68. The number of benzene rings is 4. The Morgan fingerprint density at radius 1 is 0.780 bits per heavy atom. The molecule has 0 amide bonds. The third-order valence-corrected chi connectivity index (χ3v) is 9.18. The summed E-state index contributed by atoms with van der Waals surface area (Å²) < 4.78 is 44.0. The van der Waals surface area contributed by atoms with E-state index in [1.165, 1.54) is 5.56 Å². The van der Waals surface area contributed by atoms with E-state index in [0.717, 1.165) is 17.5 Å². The van der Waals surface area contributed by atoms with Gasteiger partial charge in [0.2, 0.25) is 0 Å². The SMILES string of the molecule is CCOC(C)(OC(C)NC(Cc1ccccc1)Cc1ccccc1O)[N+](CCO)(CCO)Cc1ccccc1.O=S(=O)([O-])Cc1ccccc1. The van der Waals surface area contributed by atoms with E-state index in [9.17, 15) is 28.3 Å². The van der Waals surface area contributed by atoms with Crippen LogP contribution >= 0.6 is 0 Å². The molecule has 4 aromatic carbocycles. The molecule has 272 valence electrons. The van der Waals surface area contributed by atoms with Gasteiger partial charge in [0.25, 0.3) is 0 Å². The molecule has 0 heterocycles. The Morgan fingerprint density at radius 3 is 1.78 bits per heavy atom. The van der Waals surface area contributed by atoms with Crippen LogP contribution in [0.25, 0.3) is 0 Å². The number of phenols is 1. The van der Waals surface area contributed by atoms with Crippen LogP contribution in [0.4, 0.5) is 0 Å². The van der Waals surface area contributed by atoms with E-state index in [4.69, 9.17) is 9.47 Å². The van der Waals surface area contributed by atoms with Crippen LogP contribution in [-0.4, -0.2) is 83.9 Å². The van der Waals surface area contributed by atoms with Crippen LogP contribution in [0.2, 0.25) is 0 Å². The van der Waals surface area contributed by atoms with Gasteiger partial charge in [-0.25, -0.2) is 8.42 Å². The minimum absolute atomic E-state index is 0.0340. The van der Waals surface area contributed by atoms with Crippen LogP contribution in [0.3, 0.4) is 0 Å². The maximum atomic E-state index is 10.5. The number of aliphatic hydroxyl groups excluding tert-OH is 2. The standard InChI is InChI=1S/C32H44N2O5.C7H8O3S/c1-4-38-32(3,34(19-21-35,20-22-36)25-28-15-9-6-10-16-28)39-26(2)33-30(23-27-13-7-5-8-14-27)24-29-17-11-12-18-31(29)37;8-11(9,10)6-7-4-2-1-3-5-7/h5-18,26,30,33,35-36H,4,19-25H2,1-3H3;1-5H,6H2,(H,8,9,10). The van der Waals surface area contributed by atoms with Crippen molar-refractivity contribution in [2.45, 2.75) is 64.1 Å². The topological polar surface area (TPSA) is 148 Å². The fourth-order valence-corrected chi connectivity index (χ4v) is 6.80. The van der Waals surface area contributed by atoms with Crippen molar-refractivity contribution in [3.63, 3.8) is 0 Å². The molecule has 10 nitrogen and oxygen atoms in total. The van der Waals surface area contributed by atoms with Crippen LogP contribution < -0.4 is 5.32 Å². The molecule has 0 radical (unpaired) electrons. The smallest absolute Gasteiger partial charge is 0.317 e. The number of nitrogens with zero attached hydrogens (tertiary/aromatic N) is 1. The molecule has 3 atom stereocenters. The van der Waals surface area contributed by atoms with Crippen molar-refractivity contribution in [3.8, 4) is 5.75 Å². The number of quaternary nitrogens is 1. The molecule has 4 rings (SSSR count). The lowest BCUT2D eigenvalue weighted by molar-refractivity contribution is -1.04. The molecule has 0 aromatic heterocycles. The molecule has 0 aliphatic heterocycles. The van der Waals surface area contributed by atoms with E-state index in [-0.39, 0.29) is 29.5 Å². The zero-order chi connectivity index (χ0) is 36.5. The highest BCUT2D eigenvalue weighted by Crippen LogP contribution is 2.32. The summed E-state index contributed by atoms with van der Waals surface area (Å²) in [5, 5.41) is 34.3. The van der Waals surface area contributed by atoms with Gasteiger partial charge in [0.15, 0.2) is 0 Å². The number of ether oxygens (including phenoxy) is 2. The van der Waals surface area contributed by atoms with Crippen molar-refractivity contribution >= 4 is 10.1 Å². The molecule has 11 heteroatoms. The first-order valence-corrected chi connectivity index (χ1v) is 18.5. The Kier molecular flexibility index (Phi) is 16.5. The van der Waals surface area contributed by atoms with Gasteiger partial charge in [0.05, 0.1) is 35.7 Å². The average Bonchev–Trinajstić information content (AvgIpc) is 3.07. The molecular formula is C39H52N2O8S. The third kappa shape index (κ3) is 13.2. The lowest BCUT2D eigenvalue weighted by atomic mass is 9.98. The molecule has 0 fully saturated rings. The number of nitrogens with one attached hydrogen (secondary N) is 1. The van der Waals surface area contributed by atoms with Crippen molar-refractivity contribution in [2.75, 3.05) is 32.9 Å². The summed E-state index contributed by atoms with van der Waals surface area (Å²) >= 11 is 0. The molecule has 0 bridgehead atoms. The van der Waals surface area contributed by atoms with Crippen LogP contribution in [0.15, 0.2) is 115 Å². The number of phenolic OH excluding ortho intramolecular Hbond substituents is 1. The van der Waals surface area contributed by atoms with Gasteiger partial charge in [-0.05, 0) is 49.4 Å². The average molecular weight is 709 g/mol. The van der Waals surface area contributed by atoms with Gasteiger partial charge >= 0.3 is 5.91 Å². The normalized spacial score (nSPS) is 14.2. The highest BCUT2D eigenvalue weighted by molar-refractivity contribution is 7.84. The Morgan fingerprint density at radius 2 is 1.28 bits per heavy atom. The predicted octanol–water partition coefficient (Wildman–Crippen LogP) is 4.94. The number of hydrogen-bond acceptors (Lipinski definition) is 9. The summed E-state index contributed by atoms with van der Waals surface area (Å²) in [6, 6.07) is 36.0. The summed E-state index contributed by atoms with van der Waals surface area (Å²) in [6.07, 6.45) is 0.912. The van der Waals surface area contributed by atoms with Crippen LogP contribution in [0.1, 0.15) is 43.0 Å². The van der Waals surface area contributed by atoms with Crippen molar-refractivity contribution in [3.05, 3.63) is 138 Å². The van der Waals surface area contributed by atoms with Gasteiger partial charge in [-0.15, -0.1) is 0 Å². The number of aromatic hydroxyl groups is 1. The molecule has 0 aliphatic carbocycles. The first-order chi connectivity index (χ1) is 23.9. The van der Waals surface area contributed by atoms with E-state index < -0.39 is 28.0 Å². The fraction of sp³-hybridized carbons (Fsp3) is 0.385. The van der Waals surface area contributed by atoms with E-state index in [0.29, 0.717) is 38.2 Å². The van der Waals surface area contributed by atoms with Crippen molar-refractivity contribution in [2.24, 2.45) is 0 Å². The van der Waals surface area contributed by atoms with Crippen molar-refractivity contribution in [1.82, 2.24) is 5.32 Å². The summed E-state index contributed by atoms with van der Waals surface area (Å²) in [5.74, 6) is -1.31. The monoisotopic (exact) mass is 708 g/mol. The second-order valence-electron chi connectivity index (χ2n) is 12.3. The molecule has 4 N–H and O–H groups in total. The van der Waals surface area contributed by atoms with Crippen LogP contribution in [0, 0.1) is 0 Å². The van der Waals surface area contributed by atoms with Gasteiger partial charge in [-0.2, -0.15) is 0 Å². The van der Waals surface area contributed by atoms with Crippen LogP contribution in [-0.2, 0) is 44.7 Å². The highest BCUT2D eigenvalue weighted by Gasteiger charge is 2.50. The Balaban J connectivity index is 0.000000521. The molecular weight excluding hydrogens is 657 g/mol. The van der Waals surface area contributed by atoms with Gasteiger partial charge in [-0.3, -0.25) is 14.5 Å². The third-order valence-electron chi connectivity index (χ3n) is 8.49. The van der Waals surface area contributed by atoms with E-state index >= 15 is 0 Å². The number of rotatable bonds is 19. The van der Waals surface area contributed by atoms with Gasteiger partial charge in [0, 0.05) is 18.5 Å². The zero-order valence-electron chi connectivity index (χ0n) is 29.2. The van der Waals surface area contributed by atoms with E-state index in [1.54, 1.807) is 36.4 Å². The maximum absolute atomic E-state index is 10.5. The zero-order valence-corrected chi connectivity index (χ0v) is 30.0. The molecule has 0 saturated heterocycles. The second kappa shape index (κ2) is 20.3. The molecule has 3 unspecified atom stereocenters. The van der Waals surface area contributed by atoms with Gasteiger partial charge in [0.1, 0.15) is 31.6 Å². The van der Waals surface area contributed by atoms with E-state index in [1.807, 2.05) is 87.5 Å². The number of hydrogen-bond donors (Lipinski definition) is 4. The van der Waals surface area contributed by atoms with Gasteiger partial charge < -0.3 is 24.6 Å². The van der Waals surface area contributed by atoms with Crippen molar-refractivity contribution < 1.29 is 42.2 Å². The van der Waals surface area contributed by atoms with Gasteiger partial charge in [-0.1, -0.05) is 109 Å². The minimum atomic E-state index is -4.13. The van der Waals surface area contributed by atoms with Crippen molar-refractivity contribution in [1.29, 1.82) is 0 Å². The number of para-hydroxylation sites is 1. The highest BCUT2D eigenvalue weighted by atomic mass is 32.2. The summed E-state index contributed by atoms with van der Waals surface area (Å²) in [7, 11) is -4.13. The van der Waals surface area contributed by atoms with Crippen LogP contribution in [0.5, 0.6) is 5.75 Å². The quantitative estimate of drug-likeness (QED) is 0.0604.